The Kier molecular flexibility index (Phi) is 2.60. The first-order valence-electron chi connectivity index (χ1n) is 3.46. The number of anilines is 1. The zero-order valence-corrected chi connectivity index (χ0v) is 6.59. The molecular formula is C9H6F2N2. The van der Waals surface area contributed by atoms with Crippen LogP contribution >= 0.6 is 0 Å². The first kappa shape index (κ1) is 9.20. The molecule has 0 saturated carbocycles. The Bertz CT molecular complexity index is 391. The van der Waals surface area contributed by atoms with Crippen molar-refractivity contribution < 1.29 is 8.78 Å². The van der Waals surface area contributed by atoms with E-state index in [1.807, 2.05) is 0 Å². The third kappa shape index (κ3) is 2.03. The quantitative estimate of drug-likeness (QED) is 0.531. The number of hydrogen-bond donors (Lipinski definition) is 1. The first-order valence-corrected chi connectivity index (χ1v) is 3.46. The van der Waals surface area contributed by atoms with Crippen LogP contribution in [0.5, 0.6) is 0 Å². The van der Waals surface area contributed by atoms with Crippen molar-refractivity contribution in [3.63, 3.8) is 0 Å². The van der Waals surface area contributed by atoms with Gasteiger partial charge in [-0.2, -0.15) is 5.26 Å². The molecule has 0 amide bonds. The van der Waals surface area contributed by atoms with Gasteiger partial charge in [-0.3, -0.25) is 0 Å². The van der Waals surface area contributed by atoms with Crippen LogP contribution in [0.3, 0.4) is 0 Å². The van der Waals surface area contributed by atoms with Gasteiger partial charge in [0, 0.05) is 17.7 Å². The van der Waals surface area contributed by atoms with E-state index in [0.717, 1.165) is 12.1 Å². The van der Waals surface area contributed by atoms with Crippen LogP contribution in [-0.2, 0) is 0 Å². The minimum absolute atomic E-state index is 0.159. The van der Waals surface area contributed by atoms with Crippen LogP contribution in [0.15, 0.2) is 18.2 Å². The third-order valence-corrected chi connectivity index (χ3v) is 1.46. The lowest BCUT2D eigenvalue weighted by molar-refractivity contribution is 0.586. The predicted octanol–water partition coefficient (Wildman–Crippen LogP) is 2.08. The second-order valence-corrected chi connectivity index (χ2v) is 2.35. The van der Waals surface area contributed by atoms with Crippen LogP contribution in [0.25, 0.3) is 6.08 Å². The Morgan fingerprint density at radius 1 is 1.38 bits per heavy atom. The largest absolute Gasteiger partial charge is 0.396 e. The second kappa shape index (κ2) is 3.68. The number of halogens is 2. The van der Waals surface area contributed by atoms with E-state index >= 15 is 0 Å². The molecule has 0 radical (unpaired) electrons. The number of rotatable bonds is 1. The normalized spacial score (nSPS) is 10.2. The van der Waals surface area contributed by atoms with Gasteiger partial charge in [-0.15, -0.1) is 0 Å². The van der Waals surface area contributed by atoms with E-state index < -0.39 is 11.6 Å². The van der Waals surface area contributed by atoms with Gasteiger partial charge in [0.25, 0.3) is 0 Å². The summed E-state index contributed by atoms with van der Waals surface area (Å²) >= 11 is 0. The molecule has 0 unspecified atom stereocenters. The van der Waals surface area contributed by atoms with Gasteiger partial charge in [-0.25, -0.2) is 8.78 Å². The summed E-state index contributed by atoms with van der Waals surface area (Å²) in [5.41, 5.74) is 5.30. The summed E-state index contributed by atoms with van der Waals surface area (Å²) in [6.45, 7) is 0. The summed E-state index contributed by atoms with van der Waals surface area (Å²) < 4.78 is 25.4. The molecule has 0 aliphatic carbocycles. The van der Waals surface area contributed by atoms with Crippen LogP contribution in [-0.4, -0.2) is 0 Å². The minimum atomic E-state index is -0.822. The van der Waals surface area contributed by atoms with Gasteiger partial charge in [0.05, 0.1) is 11.8 Å². The topological polar surface area (TPSA) is 49.8 Å². The minimum Gasteiger partial charge on any atom is -0.396 e. The van der Waals surface area contributed by atoms with Crippen molar-refractivity contribution >= 4 is 11.8 Å². The van der Waals surface area contributed by atoms with Crippen LogP contribution in [0.1, 0.15) is 5.56 Å². The van der Waals surface area contributed by atoms with Crippen molar-refractivity contribution in [2.45, 2.75) is 0 Å². The highest BCUT2D eigenvalue weighted by atomic mass is 19.1. The Morgan fingerprint density at radius 2 is 2.08 bits per heavy atom. The maximum Gasteiger partial charge on any atom is 0.149 e. The van der Waals surface area contributed by atoms with Crippen molar-refractivity contribution in [2.24, 2.45) is 0 Å². The summed E-state index contributed by atoms with van der Waals surface area (Å²) in [6.07, 6.45) is 2.35. The molecule has 0 spiro atoms. The molecule has 1 aromatic rings. The van der Waals surface area contributed by atoms with E-state index in [1.54, 1.807) is 6.07 Å². The number of allylic oxidation sites excluding steroid dienone is 1. The lowest BCUT2D eigenvalue weighted by atomic mass is 10.1. The zero-order chi connectivity index (χ0) is 9.84. The highest BCUT2D eigenvalue weighted by Crippen LogP contribution is 2.19. The smallest absolute Gasteiger partial charge is 0.149 e. The first-order chi connectivity index (χ1) is 6.15. The van der Waals surface area contributed by atoms with Crippen molar-refractivity contribution in [3.8, 4) is 6.07 Å². The number of hydrogen-bond acceptors (Lipinski definition) is 2. The molecule has 0 saturated heterocycles. The molecule has 0 aliphatic heterocycles. The number of nitrogens with two attached hydrogens (primary N) is 1. The van der Waals surface area contributed by atoms with Gasteiger partial charge >= 0.3 is 0 Å². The maximum absolute atomic E-state index is 12.8. The lowest BCUT2D eigenvalue weighted by Crippen LogP contribution is -1.95. The molecule has 4 heteroatoms. The standard InChI is InChI=1S/C9H6F2N2/c10-7-4-6(2-1-3-12)9(13)8(11)5-7/h1-2,4-5H,13H2. The number of nitriles is 1. The van der Waals surface area contributed by atoms with Crippen LogP contribution in [0.2, 0.25) is 0 Å². The van der Waals surface area contributed by atoms with Crippen LogP contribution < -0.4 is 5.73 Å². The van der Waals surface area contributed by atoms with Crippen molar-refractivity contribution in [1.82, 2.24) is 0 Å². The molecule has 0 aliphatic rings. The summed E-state index contributed by atoms with van der Waals surface area (Å²) in [4.78, 5) is 0. The fraction of sp³-hybridized carbons (Fsp3) is 0. The van der Waals surface area contributed by atoms with E-state index in [0.29, 0.717) is 6.07 Å². The Morgan fingerprint density at radius 3 is 2.69 bits per heavy atom. The van der Waals surface area contributed by atoms with Crippen molar-refractivity contribution in [2.75, 3.05) is 5.73 Å². The van der Waals surface area contributed by atoms with E-state index in [4.69, 9.17) is 11.0 Å². The van der Waals surface area contributed by atoms with E-state index in [-0.39, 0.29) is 11.3 Å². The molecule has 2 nitrogen and oxygen atoms in total. The van der Waals surface area contributed by atoms with Crippen LogP contribution in [0.4, 0.5) is 14.5 Å². The molecule has 1 aromatic carbocycles. The number of benzene rings is 1. The fourth-order valence-corrected chi connectivity index (χ4v) is 0.870. The molecule has 66 valence electrons. The average Bonchev–Trinajstić information content (AvgIpc) is 2.09. The predicted molar refractivity (Wildman–Crippen MR) is 45.4 cm³/mol. The summed E-state index contributed by atoms with van der Waals surface area (Å²) in [7, 11) is 0. The van der Waals surface area contributed by atoms with Gasteiger partial charge in [0.1, 0.15) is 11.6 Å². The second-order valence-electron chi connectivity index (χ2n) is 2.35. The molecule has 0 fully saturated rings. The maximum atomic E-state index is 12.8. The monoisotopic (exact) mass is 180 g/mol. The van der Waals surface area contributed by atoms with E-state index in [9.17, 15) is 8.78 Å². The molecule has 0 aromatic heterocycles. The summed E-state index contributed by atoms with van der Waals surface area (Å²) in [5, 5.41) is 8.19. The van der Waals surface area contributed by atoms with E-state index in [2.05, 4.69) is 0 Å². The zero-order valence-electron chi connectivity index (χ0n) is 6.59. The molecule has 1 rings (SSSR count). The van der Waals surface area contributed by atoms with Gasteiger partial charge in [0.15, 0.2) is 0 Å². The molecule has 2 N–H and O–H groups in total. The van der Waals surface area contributed by atoms with Gasteiger partial charge in [-0.05, 0) is 12.1 Å². The fourth-order valence-electron chi connectivity index (χ4n) is 0.870. The number of nitrogen functional groups attached to an aromatic ring is 1. The number of nitrogens with zero attached hydrogens (tertiary/aromatic N) is 1. The van der Waals surface area contributed by atoms with Crippen LogP contribution in [0, 0.1) is 23.0 Å². The highest BCUT2D eigenvalue weighted by molar-refractivity contribution is 5.65. The van der Waals surface area contributed by atoms with Gasteiger partial charge in [0.2, 0.25) is 0 Å². The average molecular weight is 180 g/mol. The molecule has 0 bridgehead atoms. The summed E-state index contributed by atoms with van der Waals surface area (Å²) in [6, 6.07) is 3.46. The Balaban J connectivity index is 3.22. The Hall–Kier alpha value is -1.89. The SMILES string of the molecule is N#CC=Cc1cc(F)cc(F)c1N. The third-order valence-electron chi connectivity index (χ3n) is 1.46. The molecule has 0 atom stereocenters. The molecular weight excluding hydrogens is 174 g/mol. The highest BCUT2D eigenvalue weighted by Gasteiger charge is 2.04. The van der Waals surface area contributed by atoms with Gasteiger partial charge < -0.3 is 5.73 Å². The van der Waals surface area contributed by atoms with Gasteiger partial charge in [-0.1, -0.05) is 0 Å². The Labute approximate surface area is 73.9 Å². The molecule has 0 heterocycles. The lowest BCUT2D eigenvalue weighted by Gasteiger charge is -2.00. The van der Waals surface area contributed by atoms with E-state index in [1.165, 1.54) is 6.08 Å². The van der Waals surface area contributed by atoms with Crippen molar-refractivity contribution in [3.05, 3.63) is 35.4 Å². The van der Waals surface area contributed by atoms with Crippen molar-refractivity contribution in [1.29, 1.82) is 5.26 Å². The molecule has 13 heavy (non-hydrogen) atoms. The summed E-state index contributed by atoms with van der Waals surface area (Å²) in [5.74, 6) is -1.54.